The molecule has 3 aliphatic rings. The molecular weight excluding hydrogens is 446 g/mol. The highest BCUT2D eigenvalue weighted by Crippen LogP contribution is 2.47. The molecule has 6 rings (SSSR count). The SMILES string of the molecule is C[N+](c1ccc(OCC2CO2)cc1)(c1ccc(OCC2CO2)cc1)c1ccccc1OCC1CO1. The average Bonchev–Trinajstić information content (AvgIpc) is 3.76. The van der Waals surface area contributed by atoms with Crippen molar-refractivity contribution in [1.82, 2.24) is 4.48 Å². The van der Waals surface area contributed by atoms with Gasteiger partial charge in [-0.25, -0.2) is 4.48 Å². The zero-order valence-electron chi connectivity index (χ0n) is 19.8. The second kappa shape index (κ2) is 9.51. The molecule has 7 nitrogen and oxygen atoms in total. The molecule has 7 heteroatoms. The van der Waals surface area contributed by atoms with Gasteiger partial charge in [-0.15, -0.1) is 0 Å². The largest absolute Gasteiger partial charge is 0.491 e. The van der Waals surface area contributed by atoms with E-state index < -0.39 is 0 Å². The van der Waals surface area contributed by atoms with Crippen molar-refractivity contribution in [3.63, 3.8) is 0 Å². The maximum absolute atomic E-state index is 6.22. The van der Waals surface area contributed by atoms with E-state index in [1.54, 1.807) is 0 Å². The van der Waals surface area contributed by atoms with Gasteiger partial charge in [0.25, 0.3) is 0 Å². The topological polar surface area (TPSA) is 65.3 Å². The standard InChI is InChI=1S/C28H30NO6/c1-29(20-6-10-22(11-7-20)30-14-24-16-32-24,21-8-12-23(13-9-21)31-15-25-17-33-25)27-4-2-3-5-28(27)35-19-26-18-34-26/h2-13,24-26H,14-19H2,1H3/q+1. The van der Waals surface area contributed by atoms with Crippen LogP contribution < -0.4 is 18.7 Å². The third-order valence-corrected chi connectivity index (χ3v) is 6.56. The molecule has 0 aliphatic carbocycles. The molecule has 3 unspecified atom stereocenters. The van der Waals surface area contributed by atoms with E-state index in [0.29, 0.717) is 24.3 Å². The lowest BCUT2D eigenvalue weighted by Crippen LogP contribution is -2.34. The fourth-order valence-corrected chi connectivity index (χ4v) is 4.11. The van der Waals surface area contributed by atoms with Crippen LogP contribution in [-0.2, 0) is 14.2 Å². The van der Waals surface area contributed by atoms with Crippen LogP contribution in [0.1, 0.15) is 0 Å². The van der Waals surface area contributed by atoms with Gasteiger partial charge >= 0.3 is 0 Å². The summed E-state index contributed by atoms with van der Waals surface area (Å²) in [6.45, 7) is 4.03. The summed E-state index contributed by atoms with van der Waals surface area (Å²) in [5.41, 5.74) is 3.20. The van der Waals surface area contributed by atoms with Crippen molar-refractivity contribution in [2.75, 3.05) is 46.7 Å². The molecule has 3 aromatic rings. The first-order valence-corrected chi connectivity index (χ1v) is 12.1. The minimum absolute atomic E-state index is 0.181. The summed E-state index contributed by atoms with van der Waals surface area (Å²) in [4.78, 5) is 0. The molecule has 0 amide bonds. The molecule has 0 N–H and O–H groups in total. The molecule has 3 aliphatic heterocycles. The highest BCUT2D eigenvalue weighted by Gasteiger charge is 2.35. The molecule has 35 heavy (non-hydrogen) atoms. The van der Waals surface area contributed by atoms with Crippen LogP contribution >= 0.6 is 0 Å². The van der Waals surface area contributed by atoms with Crippen molar-refractivity contribution in [1.29, 1.82) is 0 Å². The fourth-order valence-electron chi connectivity index (χ4n) is 4.11. The average molecular weight is 477 g/mol. The maximum atomic E-state index is 6.22. The molecule has 3 aromatic carbocycles. The van der Waals surface area contributed by atoms with Crippen LogP contribution in [0.25, 0.3) is 0 Å². The van der Waals surface area contributed by atoms with Crippen LogP contribution in [0.4, 0.5) is 17.1 Å². The first-order chi connectivity index (χ1) is 17.2. The Morgan fingerprint density at radius 2 is 1.06 bits per heavy atom. The summed E-state index contributed by atoms with van der Waals surface area (Å²) < 4.78 is 34.3. The summed E-state index contributed by atoms with van der Waals surface area (Å²) in [5.74, 6) is 2.50. The van der Waals surface area contributed by atoms with Crippen LogP contribution in [0.5, 0.6) is 17.2 Å². The van der Waals surface area contributed by atoms with Crippen LogP contribution in [0.2, 0.25) is 0 Å². The second-order valence-corrected chi connectivity index (χ2v) is 9.26. The molecule has 182 valence electrons. The Kier molecular flexibility index (Phi) is 6.08. The van der Waals surface area contributed by atoms with Gasteiger partial charge in [0.05, 0.1) is 26.9 Å². The van der Waals surface area contributed by atoms with E-state index in [0.717, 1.165) is 54.1 Å². The zero-order chi connectivity index (χ0) is 23.7. The lowest BCUT2D eigenvalue weighted by atomic mass is 10.1. The molecule has 3 fully saturated rings. The maximum Gasteiger partial charge on any atom is 0.185 e. The van der Waals surface area contributed by atoms with Gasteiger partial charge in [0.15, 0.2) is 11.4 Å². The Labute approximate surface area is 205 Å². The van der Waals surface area contributed by atoms with Crippen LogP contribution in [0.3, 0.4) is 0 Å². The van der Waals surface area contributed by atoms with E-state index in [-0.39, 0.29) is 18.3 Å². The first-order valence-electron chi connectivity index (χ1n) is 12.1. The number of para-hydroxylation sites is 2. The van der Waals surface area contributed by atoms with E-state index in [9.17, 15) is 0 Å². The number of ether oxygens (including phenoxy) is 6. The Morgan fingerprint density at radius 1 is 0.629 bits per heavy atom. The predicted molar refractivity (Wildman–Crippen MR) is 132 cm³/mol. The summed E-state index contributed by atoms with van der Waals surface area (Å²) in [7, 11) is 2.18. The van der Waals surface area contributed by atoms with E-state index in [1.807, 2.05) is 42.5 Å². The Balaban J connectivity index is 1.33. The van der Waals surface area contributed by atoms with Crippen LogP contribution in [-0.4, -0.2) is 65.0 Å². The summed E-state index contributed by atoms with van der Waals surface area (Å²) in [6.07, 6.45) is 0.630. The molecule has 3 atom stereocenters. The number of rotatable bonds is 12. The molecule has 0 radical (unpaired) electrons. The van der Waals surface area contributed by atoms with Crippen molar-refractivity contribution < 1.29 is 28.4 Å². The number of hydrogen-bond donors (Lipinski definition) is 0. The number of epoxide rings is 3. The molecule has 3 heterocycles. The predicted octanol–water partition coefficient (Wildman–Crippen LogP) is 4.62. The van der Waals surface area contributed by atoms with E-state index >= 15 is 0 Å². The minimum atomic E-state index is 0.181. The van der Waals surface area contributed by atoms with E-state index in [2.05, 4.69) is 37.4 Å². The monoisotopic (exact) mass is 476 g/mol. The number of benzene rings is 3. The van der Waals surface area contributed by atoms with Gasteiger partial charge in [-0.2, -0.15) is 0 Å². The Bertz CT molecular complexity index is 1080. The van der Waals surface area contributed by atoms with E-state index in [1.165, 1.54) is 0 Å². The molecule has 0 aromatic heterocycles. The van der Waals surface area contributed by atoms with Crippen molar-refractivity contribution in [2.45, 2.75) is 18.3 Å². The molecule has 0 saturated carbocycles. The molecule has 0 bridgehead atoms. The molecule has 3 saturated heterocycles. The summed E-state index contributed by atoms with van der Waals surface area (Å²) in [6, 6.07) is 24.7. The fraction of sp³-hybridized carbons (Fsp3) is 0.357. The third kappa shape index (κ3) is 5.28. The number of hydrogen-bond acceptors (Lipinski definition) is 6. The summed E-state index contributed by atoms with van der Waals surface area (Å²) in [5, 5.41) is 0. The zero-order valence-corrected chi connectivity index (χ0v) is 19.8. The number of nitrogens with zero attached hydrogens (tertiary/aromatic N) is 1. The number of quaternary nitrogens is 1. The van der Waals surface area contributed by atoms with Gasteiger partial charge in [-0.1, -0.05) is 12.1 Å². The van der Waals surface area contributed by atoms with Crippen molar-refractivity contribution in [3.05, 3.63) is 72.8 Å². The molecule has 0 spiro atoms. The van der Waals surface area contributed by atoms with Gasteiger partial charge < -0.3 is 28.4 Å². The Hall–Kier alpha value is -3.10. The highest BCUT2D eigenvalue weighted by atomic mass is 16.6. The normalized spacial score (nSPS) is 23.7. The smallest absolute Gasteiger partial charge is 0.185 e. The first kappa shape index (κ1) is 22.4. The van der Waals surface area contributed by atoms with Crippen molar-refractivity contribution in [3.8, 4) is 17.2 Å². The third-order valence-electron chi connectivity index (χ3n) is 6.56. The van der Waals surface area contributed by atoms with Crippen LogP contribution in [0.15, 0.2) is 72.8 Å². The van der Waals surface area contributed by atoms with Crippen molar-refractivity contribution in [2.24, 2.45) is 0 Å². The minimum Gasteiger partial charge on any atom is -0.491 e. The molecular formula is C28H30NO6+. The lowest BCUT2D eigenvalue weighted by Gasteiger charge is -2.34. The van der Waals surface area contributed by atoms with Gasteiger partial charge in [0.1, 0.15) is 61.0 Å². The van der Waals surface area contributed by atoms with Gasteiger partial charge in [-0.3, -0.25) is 0 Å². The van der Waals surface area contributed by atoms with Crippen LogP contribution in [0, 0.1) is 0 Å². The van der Waals surface area contributed by atoms with Gasteiger partial charge in [0.2, 0.25) is 0 Å². The van der Waals surface area contributed by atoms with Gasteiger partial charge in [-0.05, 0) is 30.3 Å². The second-order valence-electron chi connectivity index (χ2n) is 9.26. The van der Waals surface area contributed by atoms with Crippen molar-refractivity contribution >= 4 is 17.1 Å². The lowest BCUT2D eigenvalue weighted by molar-refractivity contribution is 0.260. The highest BCUT2D eigenvalue weighted by molar-refractivity contribution is 5.74. The van der Waals surface area contributed by atoms with Gasteiger partial charge in [0, 0.05) is 30.3 Å². The Morgan fingerprint density at radius 3 is 1.51 bits per heavy atom. The van der Waals surface area contributed by atoms with E-state index in [4.69, 9.17) is 28.4 Å². The quantitative estimate of drug-likeness (QED) is 0.281. The summed E-state index contributed by atoms with van der Waals surface area (Å²) >= 11 is 0.